The molecule has 0 atom stereocenters. The van der Waals surface area contributed by atoms with Gasteiger partial charge in [0.2, 0.25) is 0 Å². The Balaban J connectivity index is 1.96. The van der Waals surface area contributed by atoms with Crippen LogP contribution in [0.15, 0.2) is 24.3 Å². The highest BCUT2D eigenvalue weighted by Gasteiger charge is 2.20. The van der Waals surface area contributed by atoms with Gasteiger partial charge in [-0.2, -0.15) is 0 Å². The van der Waals surface area contributed by atoms with Crippen LogP contribution in [0.2, 0.25) is 0 Å². The van der Waals surface area contributed by atoms with Crippen molar-refractivity contribution in [2.45, 2.75) is 18.9 Å². The Hall–Kier alpha value is -1.26. The molecule has 3 nitrogen and oxygen atoms in total. The molecular formula is C13H16FNO2. The minimum Gasteiger partial charge on any atom is -0.393 e. The minimum atomic E-state index is -0.463. The molecule has 4 heteroatoms. The first-order valence-electron chi connectivity index (χ1n) is 5.85. The van der Waals surface area contributed by atoms with Gasteiger partial charge in [0, 0.05) is 13.1 Å². The number of nitrogens with zero attached hydrogens (tertiary/aromatic N) is 1. The molecule has 92 valence electrons. The molecule has 1 fully saturated rings. The molecule has 0 radical (unpaired) electrons. The van der Waals surface area contributed by atoms with Gasteiger partial charge >= 0.3 is 0 Å². The van der Waals surface area contributed by atoms with E-state index >= 15 is 0 Å². The van der Waals surface area contributed by atoms with E-state index in [1.54, 1.807) is 12.1 Å². The fourth-order valence-electron chi connectivity index (χ4n) is 2.05. The van der Waals surface area contributed by atoms with E-state index in [1.807, 2.05) is 4.90 Å². The number of likely N-dealkylation sites (tertiary alicyclic amines) is 1. The predicted molar refractivity (Wildman–Crippen MR) is 62.4 cm³/mol. The Morgan fingerprint density at radius 2 is 2.00 bits per heavy atom. The third kappa shape index (κ3) is 3.11. The van der Waals surface area contributed by atoms with Crippen LogP contribution in [-0.4, -0.2) is 41.5 Å². The Morgan fingerprint density at radius 3 is 2.65 bits per heavy atom. The van der Waals surface area contributed by atoms with Crippen LogP contribution in [0.25, 0.3) is 0 Å². The van der Waals surface area contributed by atoms with E-state index in [1.165, 1.54) is 12.1 Å². The molecule has 1 aliphatic rings. The summed E-state index contributed by atoms with van der Waals surface area (Å²) < 4.78 is 13.4. The van der Waals surface area contributed by atoms with Gasteiger partial charge in [0.15, 0.2) is 5.78 Å². The summed E-state index contributed by atoms with van der Waals surface area (Å²) in [6.45, 7) is 1.62. The van der Waals surface area contributed by atoms with Crippen LogP contribution in [-0.2, 0) is 0 Å². The van der Waals surface area contributed by atoms with Crippen molar-refractivity contribution in [1.82, 2.24) is 4.90 Å². The Kier molecular flexibility index (Phi) is 3.86. The van der Waals surface area contributed by atoms with Crippen molar-refractivity contribution < 1.29 is 14.3 Å². The van der Waals surface area contributed by atoms with Gasteiger partial charge in [0.25, 0.3) is 0 Å². The van der Waals surface area contributed by atoms with Crippen LogP contribution < -0.4 is 0 Å². The summed E-state index contributed by atoms with van der Waals surface area (Å²) in [5.74, 6) is -0.658. The molecule has 0 spiro atoms. The van der Waals surface area contributed by atoms with E-state index in [2.05, 4.69) is 0 Å². The maximum absolute atomic E-state index is 13.4. The minimum absolute atomic E-state index is 0.152. The maximum Gasteiger partial charge on any atom is 0.179 e. The van der Waals surface area contributed by atoms with Crippen molar-refractivity contribution in [1.29, 1.82) is 0 Å². The SMILES string of the molecule is O=C(CN1CCC(O)CC1)c1ccccc1F. The lowest BCUT2D eigenvalue weighted by Gasteiger charge is -2.28. The summed E-state index contributed by atoms with van der Waals surface area (Å²) in [6.07, 6.45) is 1.12. The lowest BCUT2D eigenvalue weighted by molar-refractivity contribution is 0.0709. The summed E-state index contributed by atoms with van der Waals surface area (Å²) in [6, 6.07) is 6.04. The number of rotatable bonds is 3. The lowest BCUT2D eigenvalue weighted by Crippen LogP contribution is -2.39. The number of aliphatic hydroxyl groups is 1. The molecule has 0 amide bonds. The first kappa shape index (κ1) is 12.2. The van der Waals surface area contributed by atoms with E-state index in [-0.39, 0.29) is 24.0 Å². The van der Waals surface area contributed by atoms with Crippen molar-refractivity contribution in [3.8, 4) is 0 Å². The average Bonchev–Trinajstić information content (AvgIpc) is 2.32. The van der Waals surface area contributed by atoms with Gasteiger partial charge in [-0.3, -0.25) is 9.69 Å². The van der Waals surface area contributed by atoms with Gasteiger partial charge in [0.05, 0.1) is 18.2 Å². The number of carbonyl (C=O) groups excluding carboxylic acids is 1. The van der Waals surface area contributed by atoms with E-state index in [9.17, 15) is 14.3 Å². The molecule has 0 aromatic heterocycles. The lowest BCUT2D eigenvalue weighted by atomic mass is 10.1. The summed E-state index contributed by atoms with van der Waals surface area (Å²) in [5.41, 5.74) is 0.152. The number of halogens is 1. The summed E-state index contributed by atoms with van der Waals surface area (Å²) in [4.78, 5) is 13.8. The summed E-state index contributed by atoms with van der Waals surface area (Å²) >= 11 is 0. The average molecular weight is 237 g/mol. The third-order valence-electron chi connectivity index (χ3n) is 3.10. The largest absolute Gasteiger partial charge is 0.393 e. The van der Waals surface area contributed by atoms with Crippen molar-refractivity contribution in [3.05, 3.63) is 35.6 Å². The molecule has 1 heterocycles. The number of hydrogen-bond acceptors (Lipinski definition) is 3. The normalized spacial score (nSPS) is 18.2. The van der Waals surface area contributed by atoms with Crippen molar-refractivity contribution in [2.75, 3.05) is 19.6 Å². The highest BCUT2D eigenvalue weighted by molar-refractivity contribution is 5.97. The zero-order valence-electron chi connectivity index (χ0n) is 9.60. The molecule has 1 aromatic carbocycles. The fraction of sp³-hybridized carbons (Fsp3) is 0.462. The highest BCUT2D eigenvalue weighted by atomic mass is 19.1. The third-order valence-corrected chi connectivity index (χ3v) is 3.10. The van der Waals surface area contributed by atoms with Gasteiger partial charge in [-0.05, 0) is 25.0 Å². The Bertz CT molecular complexity index is 400. The van der Waals surface area contributed by atoms with Crippen LogP contribution >= 0.6 is 0 Å². The Labute approximate surface area is 99.9 Å². The molecule has 0 saturated carbocycles. The maximum atomic E-state index is 13.4. The second kappa shape index (κ2) is 5.38. The van der Waals surface area contributed by atoms with E-state index < -0.39 is 5.82 Å². The van der Waals surface area contributed by atoms with E-state index in [4.69, 9.17) is 0 Å². The van der Waals surface area contributed by atoms with Gasteiger partial charge in [-0.1, -0.05) is 12.1 Å². The predicted octanol–water partition coefficient (Wildman–Crippen LogP) is 1.47. The highest BCUT2D eigenvalue weighted by Crippen LogP contribution is 2.12. The first-order valence-corrected chi connectivity index (χ1v) is 5.85. The molecule has 1 aliphatic heterocycles. The smallest absolute Gasteiger partial charge is 0.179 e. The summed E-state index contributed by atoms with van der Waals surface area (Å²) in [7, 11) is 0. The van der Waals surface area contributed by atoms with E-state index in [0.717, 1.165) is 0 Å². The standard InChI is InChI=1S/C13H16FNO2/c14-12-4-2-1-3-11(12)13(17)9-15-7-5-10(16)6-8-15/h1-4,10,16H,5-9H2. The monoisotopic (exact) mass is 237 g/mol. The zero-order chi connectivity index (χ0) is 12.3. The quantitative estimate of drug-likeness (QED) is 0.809. The van der Waals surface area contributed by atoms with Crippen LogP contribution in [0.1, 0.15) is 23.2 Å². The molecule has 1 saturated heterocycles. The second-order valence-corrected chi connectivity index (χ2v) is 4.41. The van der Waals surface area contributed by atoms with Gasteiger partial charge < -0.3 is 5.11 Å². The number of aliphatic hydroxyl groups excluding tert-OH is 1. The number of benzene rings is 1. The van der Waals surface area contributed by atoms with Gasteiger partial charge in [-0.25, -0.2) is 4.39 Å². The van der Waals surface area contributed by atoms with Crippen molar-refractivity contribution in [2.24, 2.45) is 0 Å². The van der Waals surface area contributed by atoms with Crippen LogP contribution in [0, 0.1) is 5.82 Å². The van der Waals surface area contributed by atoms with Crippen molar-refractivity contribution in [3.63, 3.8) is 0 Å². The Morgan fingerprint density at radius 1 is 1.35 bits per heavy atom. The number of hydrogen-bond donors (Lipinski definition) is 1. The molecule has 0 bridgehead atoms. The van der Waals surface area contributed by atoms with Crippen LogP contribution in [0.3, 0.4) is 0 Å². The number of piperidine rings is 1. The molecular weight excluding hydrogens is 221 g/mol. The number of ketones is 1. The first-order chi connectivity index (χ1) is 8.16. The summed E-state index contributed by atoms with van der Waals surface area (Å²) in [5, 5.41) is 9.35. The second-order valence-electron chi connectivity index (χ2n) is 4.41. The topological polar surface area (TPSA) is 40.5 Å². The van der Waals surface area contributed by atoms with Gasteiger partial charge in [-0.15, -0.1) is 0 Å². The van der Waals surface area contributed by atoms with Crippen molar-refractivity contribution >= 4 is 5.78 Å². The van der Waals surface area contributed by atoms with E-state index in [0.29, 0.717) is 25.9 Å². The molecule has 0 aliphatic carbocycles. The van der Waals surface area contributed by atoms with Gasteiger partial charge in [0.1, 0.15) is 5.82 Å². The molecule has 2 rings (SSSR count). The van der Waals surface area contributed by atoms with Crippen LogP contribution in [0.5, 0.6) is 0 Å². The molecule has 17 heavy (non-hydrogen) atoms. The fourth-order valence-corrected chi connectivity index (χ4v) is 2.05. The number of carbonyl (C=O) groups is 1. The molecule has 1 N–H and O–H groups in total. The molecule has 1 aromatic rings. The molecule has 0 unspecified atom stereocenters. The number of Topliss-reactive ketones (excluding diaryl/α,β-unsaturated/α-hetero) is 1. The van der Waals surface area contributed by atoms with Crippen LogP contribution in [0.4, 0.5) is 4.39 Å². The zero-order valence-corrected chi connectivity index (χ0v) is 9.60.